The number of carboxylic acids is 1. The van der Waals surface area contributed by atoms with E-state index in [1.165, 1.54) is 17.7 Å². The maximum absolute atomic E-state index is 13.0. The molecule has 8 nitrogen and oxygen atoms in total. The molecular weight excluding hydrogens is 360 g/mol. The number of hydrogen-bond donors (Lipinski definition) is 1. The molecule has 0 aliphatic carbocycles. The van der Waals surface area contributed by atoms with Crippen LogP contribution in [0.3, 0.4) is 0 Å². The van der Waals surface area contributed by atoms with Crippen molar-refractivity contribution in [2.45, 2.75) is 26.8 Å². The quantitative estimate of drug-likeness (QED) is 0.681. The van der Waals surface area contributed by atoms with Gasteiger partial charge < -0.3 is 14.3 Å². The summed E-state index contributed by atoms with van der Waals surface area (Å²) in [7, 11) is 1.25. The van der Waals surface area contributed by atoms with Crippen LogP contribution in [-0.2, 0) is 17.7 Å². The second-order valence-electron chi connectivity index (χ2n) is 5.57. The smallest absolute Gasteiger partial charge is 0.373 e. The maximum atomic E-state index is 13.0. The number of methoxy groups -OCH3 is 1. The SMILES string of the molecule is CCc1nc2sc(C(=O)O)c(C)c2c(=O)n1Cc1ccc(C(=O)OC)o1. The lowest BCUT2D eigenvalue weighted by atomic mass is 10.2. The Bertz CT molecular complexity index is 1080. The fourth-order valence-corrected chi connectivity index (χ4v) is 3.75. The molecule has 1 N–H and O–H groups in total. The number of esters is 1. The van der Waals surface area contributed by atoms with Crippen molar-refractivity contribution in [3.63, 3.8) is 0 Å². The molecule has 0 radical (unpaired) electrons. The highest BCUT2D eigenvalue weighted by molar-refractivity contribution is 7.20. The van der Waals surface area contributed by atoms with Crippen molar-refractivity contribution < 1.29 is 23.8 Å². The molecule has 0 spiro atoms. The third-order valence-electron chi connectivity index (χ3n) is 4.00. The molecule has 0 aliphatic heterocycles. The van der Waals surface area contributed by atoms with Crippen LogP contribution in [0.4, 0.5) is 0 Å². The van der Waals surface area contributed by atoms with Crippen LogP contribution in [0.5, 0.6) is 0 Å². The lowest BCUT2D eigenvalue weighted by Gasteiger charge is -2.10. The fourth-order valence-electron chi connectivity index (χ4n) is 2.72. The average molecular weight is 376 g/mol. The molecular formula is C17H16N2O6S. The number of thiophene rings is 1. The molecule has 0 bridgehead atoms. The van der Waals surface area contributed by atoms with Gasteiger partial charge in [-0.2, -0.15) is 0 Å². The molecule has 0 saturated carbocycles. The summed E-state index contributed by atoms with van der Waals surface area (Å²) in [5.41, 5.74) is 0.0743. The molecule has 9 heteroatoms. The van der Waals surface area contributed by atoms with Gasteiger partial charge in [0, 0.05) is 6.42 Å². The lowest BCUT2D eigenvalue weighted by molar-refractivity contribution is 0.0562. The summed E-state index contributed by atoms with van der Waals surface area (Å²) < 4.78 is 11.5. The highest BCUT2D eigenvalue weighted by Crippen LogP contribution is 2.27. The van der Waals surface area contributed by atoms with Crippen LogP contribution in [0.15, 0.2) is 21.3 Å². The number of aromatic carboxylic acids is 1. The summed E-state index contributed by atoms with van der Waals surface area (Å²) in [6.45, 7) is 3.54. The molecule has 0 aromatic carbocycles. The monoisotopic (exact) mass is 376 g/mol. The van der Waals surface area contributed by atoms with Crippen molar-refractivity contribution >= 4 is 33.5 Å². The number of carbonyl (C=O) groups is 2. The van der Waals surface area contributed by atoms with Gasteiger partial charge >= 0.3 is 11.9 Å². The van der Waals surface area contributed by atoms with E-state index in [2.05, 4.69) is 9.72 Å². The molecule has 3 aromatic rings. The van der Waals surface area contributed by atoms with Crippen molar-refractivity contribution in [1.29, 1.82) is 0 Å². The van der Waals surface area contributed by atoms with Gasteiger partial charge in [-0.05, 0) is 24.6 Å². The highest BCUT2D eigenvalue weighted by Gasteiger charge is 2.21. The normalized spacial score (nSPS) is 11.0. The topological polar surface area (TPSA) is 112 Å². The first-order valence-corrected chi connectivity index (χ1v) is 8.62. The minimum atomic E-state index is -1.08. The standard InChI is InChI=1S/C17H16N2O6S/c1-4-11-18-14-12(8(2)13(26-14)16(21)22)15(20)19(11)7-9-5-6-10(25-9)17(23)24-3/h5-6H,4,7H2,1-3H3,(H,21,22). The van der Waals surface area contributed by atoms with E-state index in [0.717, 1.165) is 11.3 Å². The molecule has 136 valence electrons. The van der Waals surface area contributed by atoms with Crippen molar-refractivity contribution in [3.8, 4) is 0 Å². The van der Waals surface area contributed by atoms with E-state index in [1.807, 2.05) is 6.92 Å². The molecule has 0 unspecified atom stereocenters. The zero-order valence-corrected chi connectivity index (χ0v) is 15.2. The minimum Gasteiger partial charge on any atom is -0.477 e. The second-order valence-corrected chi connectivity index (χ2v) is 6.57. The summed E-state index contributed by atoms with van der Waals surface area (Å²) in [5.74, 6) is -0.732. The number of nitrogens with zero attached hydrogens (tertiary/aromatic N) is 2. The van der Waals surface area contributed by atoms with Crippen LogP contribution in [0.1, 0.15) is 44.3 Å². The summed E-state index contributed by atoms with van der Waals surface area (Å²) in [6, 6.07) is 3.06. The van der Waals surface area contributed by atoms with Gasteiger partial charge in [0.05, 0.1) is 19.0 Å². The van der Waals surface area contributed by atoms with Gasteiger partial charge in [0.25, 0.3) is 5.56 Å². The van der Waals surface area contributed by atoms with Crippen LogP contribution < -0.4 is 5.56 Å². The molecule has 26 heavy (non-hydrogen) atoms. The maximum Gasteiger partial charge on any atom is 0.373 e. The summed E-state index contributed by atoms with van der Waals surface area (Å²) in [6.07, 6.45) is 0.481. The Labute approximate surface area is 151 Å². The fraction of sp³-hybridized carbons (Fsp3) is 0.294. The van der Waals surface area contributed by atoms with Gasteiger partial charge in [0.2, 0.25) is 5.76 Å². The molecule has 3 heterocycles. The molecule has 3 rings (SSSR count). The largest absolute Gasteiger partial charge is 0.477 e. The second kappa shape index (κ2) is 6.75. The van der Waals surface area contributed by atoms with E-state index in [4.69, 9.17) is 4.42 Å². The third-order valence-corrected chi connectivity index (χ3v) is 5.18. The van der Waals surface area contributed by atoms with Gasteiger partial charge in [-0.1, -0.05) is 6.92 Å². The van der Waals surface area contributed by atoms with Crippen molar-refractivity contribution in [2.75, 3.05) is 7.11 Å². The average Bonchev–Trinajstić information content (AvgIpc) is 3.21. The number of carboxylic acid groups (broad SMARTS) is 1. The zero-order valence-electron chi connectivity index (χ0n) is 14.4. The highest BCUT2D eigenvalue weighted by atomic mass is 32.1. The number of aromatic nitrogens is 2. The first-order valence-electron chi connectivity index (χ1n) is 7.80. The number of fused-ring (bicyclic) bond motifs is 1. The molecule has 0 fully saturated rings. The van der Waals surface area contributed by atoms with E-state index >= 15 is 0 Å². The van der Waals surface area contributed by atoms with E-state index in [0.29, 0.717) is 33.8 Å². The van der Waals surface area contributed by atoms with E-state index in [-0.39, 0.29) is 22.7 Å². The number of rotatable bonds is 5. The molecule has 0 amide bonds. The Hall–Kier alpha value is -2.94. The van der Waals surface area contributed by atoms with E-state index < -0.39 is 11.9 Å². The Morgan fingerprint density at radius 1 is 1.38 bits per heavy atom. The van der Waals surface area contributed by atoms with Gasteiger partial charge in [-0.15, -0.1) is 11.3 Å². The van der Waals surface area contributed by atoms with Crippen LogP contribution in [0.25, 0.3) is 10.2 Å². The number of aryl methyl sites for hydroxylation is 2. The first-order chi connectivity index (χ1) is 12.4. The summed E-state index contributed by atoms with van der Waals surface area (Å²) >= 11 is 0.993. The predicted octanol–water partition coefficient (Wildman–Crippen LogP) is 2.45. The zero-order chi connectivity index (χ0) is 19.0. The summed E-state index contributed by atoms with van der Waals surface area (Å²) in [4.78, 5) is 40.8. The number of ether oxygens (including phenoxy) is 1. The van der Waals surface area contributed by atoms with E-state index in [1.54, 1.807) is 13.0 Å². The molecule has 0 aliphatic rings. The van der Waals surface area contributed by atoms with Crippen molar-refractivity contribution in [1.82, 2.24) is 9.55 Å². The summed E-state index contributed by atoms with van der Waals surface area (Å²) in [5, 5.41) is 9.58. The predicted molar refractivity (Wildman–Crippen MR) is 94.1 cm³/mol. The Morgan fingerprint density at radius 3 is 2.73 bits per heavy atom. The van der Waals surface area contributed by atoms with Crippen molar-refractivity contribution in [2.24, 2.45) is 0 Å². The van der Waals surface area contributed by atoms with Crippen LogP contribution in [-0.4, -0.2) is 33.7 Å². The van der Waals surface area contributed by atoms with E-state index in [9.17, 15) is 19.5 Å². The first kappa shape index (κ1) is 17.9. The molecule has 0 atom stereocenters. The van der Waals surface area contributed by atoms with Gasteiger partial charge in [-0.3, -0.25) is 9.36 Å². The lowest BCUT2D eigenvalue weighted by Crippen LogP contribution is -2.25. The Kier molecular flexibility index (Phi) is 4.64. The molecule has 0 saturated heterocycles. The van der Waals surface area contributed by atoms with Crippen LogP contribution in [0, 0.1) is 6.92 Å². The van der Waals surface area contributed by atoms with Gasteiger partial charge in [0.15, 0.2) is 0 Å². The number of carbonyl (C=O) groups excluding carboxylic acids is 1. The Balaban J connectivity index is 2.13. The van der Waals surface area contributed by atoms with Crippen LogP contribution in [0.2, 0.25) is 0 Å². The van der Waals surface area contributed by atoms with Gasteiger partial charge in [0.1, 0.15) is 21.3 Å². The minimum absolute atomic E-state index is 0.0440. The molecule has 3 aromatic heterocycles. The van der Waals surface area contributed by atoms with Crippen molar-refractivity contribution in [3.05, 3.63) is 50.3 Å². The number of furan rings is 1. The van der Waals surface area contributed by atoms with Crippen LogP contribution >= 0.6 is 11.3 Å². The third kappa shape index (κ3) is 2.90. The van der Waals surface area contributed by atoms with Gasteiger partial charge in [-0.25, -0.2) is 14.6 Å². The number of hydrogen-bond acceptors (Lipinski definition) is 7. The Morgan fingerprint density at radius 2 is 2.12 bits per heavy atom.